The first-order chi connectivity index (χ1) is 9.06. The fourth-order valence-corrected chi connectivity index (χ4v) is 2.90. The number of hydrogen-bond donors (Lipinski definition) is 2. The SMILES string of the molecule is O=C(NC1(CBr)CCOCC1)c1ccc(O)c(Cl)c1. The van der Waals surface area contributed by atoms with Crippen molar-refractivity contribution in [3.8, 4) is 5.75 Å². The molecule has 2 rings (SSSR count). The van der Waals surface area contributed by atoms with Crippen molar-refractivity contribution in [2.24, 2.45) is 0 Å². The maximum absolute atomic E-state index is 12.2. The van der Waals surface area contributed by atoms with E-state index in [0.29, 0.717) is 24.1 Å². The van der Waals surface area contributed by atoms with Gasteiger partial charge < -0.3 is 15.2 Å². The molecule has 1 fully saturated rings. The van der Waals surface area contributed by atoms with Gasteiger partial charge >= 0.3 is 0 Å². The van der Waals surface area contributed by atoms with E-state index in [1.807, 2.05) is 0 Å². The Morgan fingerprint density at radius 2 is 2.16 bits per heavy atom. The normalized spacial score (nSPS) is 18.0. The number of aromatic hydroxyl groups is 1. The van der Waals surface area contributed by atoms with Gasteiger partial charge in [-0.2, -0.15) is 0 Å². The van der Waals surface area contributed by atoms with Crippen LogP contribution < -0.4 is 5.32 Å². The highest BCUT2D eigenvalue weighted by Gasteiger charge is 2.33. The summed E-state index contributed by atoms with van der Waals surface area (Å²) in [5.41, 5.74) is 0.161. The Kier molecular flexibility index (Phi) is 4.71. The summed E-state index contributed by atoms with van der Waals surface area (Å²) in [6, 6.07) is 4.44. The smallest absolute Gasteiger partial charge is 0.251 e. The molecule has 0 bridgehead atoms. The number of hydrogen-bond acceptors (Lipinski definition) is 3. The molecule has 1 aromatic carbocycles. The summed E-state index contributed by atoms with van der Waals surface area (Å²) in [6.45, 7) is 1.28. The fourth-order valence-electron chi connectivity index (χ4n) is 2.02. The van der Waals surface area contributed by atoms with Gasteiger partial charge in [-0.15, -0.1) is 0 Å². The van der Waals surface area contributed by atoms with Gasteiger partial charge in [0.05, 0.1) is 10.6 Å². The standard InChI is InChI=1S/C13H15BrClNO3/c14-8-13(3-5-19-6-4-13)16-12(18)9-1-2-11(17)10(15)7-9/h1-2,7,17H,3-6,8H2,(H,16,18). The summed E-state index contributed by atoms with van der Waals surface area (Å²) in [7, 11) is 0. The minimum atomic E-state index is -0.278. The number of rotatable bonds is 3. The van der Waals surface area contributed by atoms with E-state index in [9.17, 15) is 9.90 Å². The molecule has 0 radical (unpaired) electrons. The van der Waals surface area contributed by atoms with Crippen molar-refractivity contribution in [1.29, 1.82) is 0 Å². The molecule has 1 aromatic rings. The van der Waals surface area contributed by atoms with Crippen LogP contribution in [0, 0.1) is 0 Å². The highest BCUT2D eigenvalue weighted by atomic mass is 79.9. The summed E-state index contributed by atoms with van der Waals surface area (Å²) in [6.07, 6.45) is 1.55. The van der Waals surface area contributed by atoms with Gasteiger partial charge in [-0.1, -0.05) is 27.5 Å². The average molecular weight is 349 g/mol. The average Bonchev–Trinajstić information content (AvgIpc) is 2.43. The number of nitrogens with one attached hydrogen (secondary N) is 1. The molecule has 0 atom stereocenters. The van der Waals surface area contributed by atoms with E-state index in [1.165, 1.54) is 12.1 Å². The lowest BCUT2D eigenvalue weighted by Crippen LogP contribution is -2.53. The van der Waals surface area contributed by atoms with E-state index in [1.54, 1.807) is 6.07 Å². The Balaban J connectivity index is 2.12. The van der Waals surface area contributed by atoms with Crippen molar-refractivity contribution in [2.45, 2.75) is 18.4 Å². The fraction of sp³-hybridized carbons (Fsp3) is 0.462. The molecule has 4 nitrogen and oxygen atoms in total. The number of amides is 1. The first kappa shape index (κ1) is 14.6. The number of benzene rings is 1. The Hall–Kier alpha value is -0.780. The molecule has 0 saturated carbocycles. The van der Waals surface area contributed by atoms with E-state index < -0.39 is 0 Å². The van der Waals surface area contributed by atoms with Crippen molar-refractivity contribution >= 4 is 33.4 Å². The van der Waals surface area contributed by atoms with Crippen LogP contribution in [0.1, 0.15) is 23.2 Å². The first-order valence-electron chi connectivity index (χ1n) is 6.01. The molecule has 104 valence electrons. The lowest BCUT2D eigenvalue weighted by Gasteiger charge is -2.36. The van der Waals surface area contributed by atoms with Gasteiger partial charge in [0.15, 0.2) is 0 Å². The lowest BCUT2D eigenvalue weighted by atomic mass is 9.92. The van der Waals surface area contributed by atoms with Crippen molar-refractivity contribution in [1.82, 2.24) is 5.32 Å². The number of phenols is 1. The molecule has 1 aliphatic rings. The zero-order chi connectivity index (χ0) is 13.9. The van der Waals surface area contributed by atoms with Gasteiger partial charge in [0, 0.05) is 24.1 Å². The zero-order valence-corrected chi connectivity index (χ0v) is 12.6. The molecule has 2 N–H and O–H groups in total. The molecule has 1 aliphatic heterocycles. The van der Waals surface area contributed by atoms with E-state index in [0.717, 1.165) is 12.8 Å². The number of carbonyl (C=O) groups is 1. The maximum Gasteiger partial charge on any atom is 0.251 e. The van der Waals surface area contributed by atoms with Crippen LogP contribution in [0.5, 0.6) is 5.75 Å². The minimum absolute atomic E-state index is 0.0283. The molecule has 0 spiro atoms. The van der Waals surface area contributed by atoms with Crippen LogP contribution in [0.15, 0.2) is 18.2 Å². The summed E-state index contributed by atoms with van der Waals surface area (Å²) in [4.78, 5) is 12.2. The van der Waals surface area contributed by atoms with Crippen LogP contribution in [-0.4, -0.2) is 35.1 Å². The van der Waals surface area contributed by atoms with Crippen molar-refractivity contribution in [2.75, 3.05) is 18.5 Å². The number of phenolic OH excluding ortho intramolecular Hbond substituents is 1. The third kappa shape index (κ3) is 3.41. The Bertz CT molecular complexity index is 475. The third-order valence-electron chi connectivity index (χ3n) is 3.29. The van der Waals surface area contributed by atoms with Crippen LogP contribution in [0.3, 0.4) is 0 Å². The van der Waals surface area contributed by atoms with E-state index in [4.69, 9.17) is 16.3 Å². The first-order valence-corrected chi connectivity index (χ1v) is 7.51. The van der Waals surface area contributed by atoms with Gasteiger partial charge in [-0.05, 0) is 31.0 Å². The summed E-state index contributed by atoms with van der Waals surface area (Å²) in [5.74, 6) is -0.220. The van der Waals surface area contributed by atoms with E-state index in [2.05, 4.69) is 21.2 Å². The summed E-state index contributed by atoms with van der Waals surface area (Å²) >= 11 is 9.27. The quantitative estimate of drug-likeness (QED) is 0.826. The Morgan fingerprint density at radius 3 is 2.74 bits per heavy atom. The molecular weight excluding hydrogens is 334 g/mol. The predicted octanol–water partition coefficient (Wildman–Crippen LogP) is 2.72. The number of alkyl halides is 1. The molecular formula is C13H15BrClNO3. The van der Waals surface area contributed by atoms with Gasteiger partial charge in [0.2, 0.25) is 0 Å². The predicted molar refractivity (Wildman–Crippen MR) is 77.2 cm³/mol. The molecule has 19 heavy (non-hydrogen) atoms. The molecule has 6 heteroatoms. The second kappa shape index (κ2) is 6.11. The summed E-state index contributed by atoms with van der Waals surface area (Å²) < 4.78 is 5.32. The zero-order valence-electron chi connectivity index (χ0n) is 10.3. The van der Waals surface area contributed by atoms with Crippen molar-refractivity contribution in [3.63, 3.8) is 0 Å². The molecule has 1 saturated heterocycles. The van der Waals surface area contributed by atoms with Crippen LogP contribution in [0.4, 0.5) is 0 Å². The molecule has 0 aliphatic carbocycles. The third-order valence-corrected chi connectivity index (χ3v) is 4.67. The van der Waals surface area contributed by atoms with Gasteiger partial charge in [-0.25, -0.2) is 0 Å². The second-order valence-electron chi connectivity index (χ2n) is 4.65. The Morgan fingerprint density at radius 1 is 1.47 bits per heavy atom. The van der Waals surface area contributed by atoms with Crippen LogP contribution >= 0.6 is 27.5 Å². The molecule has 1 heterocycles. The maximum atomic E-state index is 12.2. The molecule has 1 amide bonds. The summed E-state index contributed by atoms with van der Waals surface area (Å²) in [5, 5.41) is 13.3. The largest absolute Gasteiger partial charge is 0.506 e. The lowest BCUT2D eigenvalue weighted by molar-refractivity contribution is 0.0442. The highest BCUT2D eigenvalue weighted by Crippen LogP contribution is 2.26. The van der Waals surface area contributed by atoms with Crippen molar-refractivity contribution in [3.05, 3.63) is 28.8 Å². The van der Waals surface area contributed by atoms with Gasteiger partial charge in [0.25, 0.3) is 5.91 Å². The van der Waals surface area contributed by atoms with Gasteiger partial charge in [-0.3, -0.25) is 4.79 Å². The minimum Gasteiger partial charge on any atom is -0.506 e. The molecule has 0 unspecified atom stereocenters. The van der Waals surface area contributed by atoms with Gasteiger partial charge in [0.1, 0.15) is 5.75 Å². The van der Waals surface area contributed by atoms with Crippen molar-refractivity contribution < 1.29 is 14.6 Å². The van der Waals surface area contributed by atoms with E-state index in [-0.39, 0.29) is 22.2 Å². The number of halogens is 2. The number of carbonyl (C=O) groups excluding carboxylic acids is 1. The second-order valence-corrected chi connectivity index (χ2v) is 5.61. The van der Waals surface area contributed by atoms with Crippen LogP contribution in [0.25, 0.3) is 0 Å². The topological polar surface area (TPSA) is 58.6 Å². The molecule has 0 aromatic heterocycles. The highest BCUT2D eigenvalue weighted by molar-refractivity contribution is 9.09. The van der Waals surface area contributed by atoms with Crippen LogP contribution in [-0.2, 0) is 4.74 Å². The Labute approximate surface area is 125 Å². The van der Waals surface area contributed by atoms with E-state index >= 15 is 0 Å². The monoisotopic (exact) mass is 347 g/mol. The number of ether oxygens (including phenoxy) is 1. The van der Waals surface area contributed by atoms with Crippen LogP contribution in [0.2, 0.25) is 5.02 Å².